The number of carbonyl (C=O) groups is 1. The van der Waals surface area contributed by atoms with Gasteiger partial charge in [0.15, 0.2) is 0 Å². The van der Waals surface area contributed by atoms with Crippen molar-refractivity contribution >= 4 is 26.9 Å². The van der Waals surface area contributed by atoms with Crippen LogP contribution in [0.15, 0.2) is 78.9 Å². The number of carbonyl (C=O) groups excluding carboxylic acids is 1. The van der Waals surface area contributed by atoms with E-state index in [1.165, 1.54) is 17.2 Å². The summed E-state index contributed by atoms with van der Waals surface area (Å²) in [6, 6.07) is 22.3. The molecule has 220 valence electrons. The van der Waals surface area contributed by atoms with Crippen molar-refractivity contribution in [2.45, 2.75) is 31.9 Å². The molecule has 0 unspecified atom stereocenters. The van der Waals surface area contributed by atoms with Gasteiger partial charge < -0.3 is 4.74 Å². The van der Waals surface area contributed by atoms with E-state index in [-0.39, 0.29) is 12.5 Å². The predicted molar refractivity (Wildman–Crippen MR) is 155 cm³/mol. The van der Waals surface area contributed by atoms with Crippen LogP contribution in [0.5, 0.6) is 0 Å². The van der Waals surface area contributed by atoms with Crippen molar-refractivity contribution in [3.8, 4) is 22.3 Å². The van der Waals surface area contributed by atoms with E-state index in [1.807, 2.05) is 42.5 Å². The maximum atomic E-state index is 13.0. The number of hydroxylamine groups is 2. The first-order valence-electron chi connectivity index (χ1n) is 13.6. The van der Waals surface area contributed by atoms with Crippen LogP contribution in [0.1, 0.15) is 47.2 Å². The number of hydrogen-bond donors (Lipinski definition) is 0. The van der Waals surface area contributed by atoms with Gasteiger partial charge in [0, 0.05) is 13.1 Å². The van der Waals surface area contributed by atoms with Crippen LogP contribution < -0.4 is 0 Å². The van der Waals surface area contributed by atoms with Crippen molar-refractivity contribution in [3.63, 3.8) is 0 Å². The lowest BCUT2D eigenvalue weighted by atomic mass is 9.88. The van der Waals surface area contributed by atoms with Crippen molar-refractivity contribution in [2.75, 3.05) is 26.0 Å². The van der Waals surface area contributed by atoms with Gasteiger partial charge in [-0.05, 0) is 94.6 Å². The molecule has 0 aromatic heterocycles. The summed E-state index contributed by atoms with van der Waals surface area (Å²) >= 11 is 0. The Kier molecular flexibility index (Phi) is 8.41. The molecule has 0 radical (unpaired) electrons. The topological polar surface area (TPSA) is 72.9 Å². The molecule has 1 aliphatic rings. The quantitative estimate of drug-likeness (QED) is 0.206. The number of ether oxygens (including phenoxy) is 1. The van der Waals surface area contributed by atoms with E-state index in [0.717, 1.165) is 64.3 Å². The third-order valence-corrected chi connectivity index (χ3v) is 7.88. The number of nitrogens with zero attached hydrogens (tertiary/aromatic N) is 1. The SMILES string of the molecule is CCOC(=O)c1cc(-c2ccc(C3CCN(OS(C)(=O)=O)CC3)cc2)c2ccc(-c3ccc(C(F)(F)F)cc3)cc2c1. The standard InChI is InChI=1S/C32H30F3NO5S/c1-3-40-31(37)27-19-26-18-25(22-8-11-28(12-9-22)32(33,34)35)10-13-29(26)30(20-27)24-6-4-21(5-7-24)23-14-16-36(17-15-23)41-42(2,38)39/h4-13,18-20,23H,3,14-17H2,1-2H3. The summed E-state index contributed by atoms with van der Waals surface area (Å²) in [5, 5.41) is 3.12. The maximum Gasteiger partial charge on any atom is 0.416 e. The summed E-state index contributed by atoms with van der Waals surface area (Å²) in [6.45, 7) is 2.97. The van der Waals surface area contributed by atoms with E-state index < -0.39 is 27.8 Å². The zero-order valence-corrected chi connectivity index (χ0v) is 24.0. The first kappa shape index (κ1) is 29.8. The minimum absolute atomic E-state index is 0.223. The van der Waals surface area contributed by atoms with E-state index in [2.05, 4.69) is 0 Å². The third kappa shape index (κ3) is 6.83. The minimum atomic E-state index is -4.41. The van der Waals surface area contributed by atoms with Crippen LogP contribution in [-0.4, -0.2) is 45.4 Å². The highest BCUT2D eigenvalue weighted by atomic mass is 32.2. The van der Waals surface area contributed by atoms with Gasteiger partial charge in [-0.3, -0.25) is 0 Å². The predicted octanol–water partition coefficient (Wildman–Crippen LogP) is 7.44. The highest BCUT2D eigenvalue weighted by molar-refractivity contribution is 7.85. The first-order chi connectivity index (χ1) is 19.9. The van der Waals surface area contributed by atoms with E-state index >= 15 is 0 Å². The molecule has 1 fully saturated rings. The average Bonchev–Trinajstić information content (AvgIpc) is 2.96. The molecule has 0 atom stereocenters. The highest BCUT2D eigenvalue weighted by Crippen LogP contribution is 2.36. The molecule has 10 heteroatoms. The van der Waals surface area contributed by atoms with Crippen LogP contribution >= 0.6 is 0 Å². The minimum Gasteiger partial charge on any atom is -0.462 e. The summed E-state index contributed by atoms with van der Waals surface area (Å²) in [5.74, 6) is -0.201. The van der Waals surface area contributed by atoms with Gasteiger partial charge >= 0.3 is 12.1 Å². The molecule has 5 rings (SSSR count). The second-order valence-corrected chi connectivity index (χ2v) is 11.9. The Morgan fingerprint density at radius 3 is 2.10 bits per heavy atom. The number of hydrogen-bond acceptors (Lipinski definition) is 6. The summed E-state index contributed by atoms with van der Waals surface area (Å²) in [7, 11) is -3.55. The number of halogens is 3. The molecule has 1 heterocycles. The smallest absolute Gasteiger partial charge is 0.416 e. The fourth-order valence-electron chi connectivity index (χ4n) is 5.36. The molecule has 0 aliphatic carbocycles. The molecule has 6 nitrogen and oxygen atoms in total. The summed E-state index contributed by atoms with van der Waals surface area (Å²) in [5.41, 5.74) is 3.89. The lowest BCUT2D eigenvalue weighted by molar-refractivity contribution is -0.137. The van der Waals surface area contributed by atoms with Gasteiger partial charge in [-0.2, -0.15) is 30.9 Å². The van der Waals surface area contributed by atoms with Crippen LogP contribution in [0.25, 0.3) is 33.0 Å². The lowest BCUT2D eigenvalue weighted by Gasteiger charge is -2.30. The van der Waals surface area contributed by atoms with Gasteiger partial charge in [0.25, 0.3) is 10.1 Å². The van der Waals surface area contributed by atoms with E-state index in [4.69, 9.17) is 9.02 Å². The van der Waals surface area contributed by atoms with Crippen LogP contribution in [0.3, 0.4) is 0 Å². The van der Waals surface area contributed by atoms with Gasteiger partial charge in [-0.25, -0.2) is 4.79 Å². The number of esters is 1. The fourth-order valence-corrected chi connectivity index (χ4v) is 5.89. The number of alkyl halides is 3. The first-order valence-corrected chi connectivity index (χ1v) is 15.4. The molecule has 4 aromatic carbocycles. The second kappa shape index (κ2) is 11.9. The molecule has 4 aromatic rings. The van der Waals surface area contributed by atoms with Crippen molar-refractivity contribution in [1.29, 1.82) is 0 Å². The van der Waals surface area contributed by atoms with Crippen LogP contribution in [0.4, 0.5) is 13.2 Å². The Morgan fingerprint density at radius 2 is 1.50 bits per heavy atom. The van der Waals surface area contributed by atoms with Crippen LogP contribution in [0.2, 0.25) is 0 Å². The van der Waals surface area contributed by atoms with E-state index in [1.54, 1.807) is 19.1 Å². The zero-order chi connectivity index (χ0) is 30.1. The Morgan fingerprint density at radius 1 is 0.881 bits per heavy atom. The van der Waals surface area contributed by atoms with Crippen LogP contribution in [0, 0.1) is 0 Å². The Hall–Kier alpha value is -3.73. The third-order valence-electron chi connectivity index (χ3n) is 7.40. The summed E-state index contributed by atoms with van der Waals surface area (Å²) in [4.78, 5) is 12.8. The largest absolute Gasteiger partial charge is 0.462 e. The molecule has 42 heavy (non-hydrogen) atoms. The van der Waals surface area contributed by atoms with Gasteiger partial charge in [-0.15, -0.1) is 0 Å². The highest BCUT2D eigenvalue weighted by Gasteiger charge is 2.30. The summed E-state index contributed by atoms with van der Waals surface area (Å²) in [6.07, 6.45) is -1.87. The second-order valence-electron chi connectivity index (χ2n) is 10.4. The van der Waals surface area contributed by atoms with Gasteiger partial charge in [0.2, 0.25) is 0 Å². The molecule has 0 amide bonds. The molecular weight excluding hydrogens is 567 g/mol. The molecule has 0 saturated carbocycles. The molecule has 1 saturated heterocycles. The Labute approximate surface area is 242 Å². The van der Waals surface area contributed by atoms with Gasteiger partial charge in [0.1, 0.15) is 0 Å². The monoisotopic (exact) mass is 597 g/mol. The summed E-state index contributed by atoms with van der Waals surface area (Å²) < 4.78 is 72.3. The van der Waals surface area contributed by atoms with E-state index in [9.17, 15) is 26.4 Å². The van der Waals surface area contributed by atoms with Crippen molar-refractivity contribution in [3.05, 3.63) is 95.6 Å². The Bertz CT molecular complexity index is 1690. The van der Waals surface area contributed by atoms with E-state index in [0.29, 0.717) is 24.2 Å². The average molecular weight is 598 g/mol. The van der Waals surface area contributed by atoms with Crippen molar-refractivity contribution < 1.29 is 35.4 Å². The number of benzene rings is 4. The lowest BCUT2D eigenvalue weighted by Crippen LogP contribution is -2.34. The number of rotatable bonds is 7. The molecule has 0 bridgehead atoms. The van der Waals surface area contributed by atoms with Gasteiger partial charge in [0.05, 0.1) is 24.0 Å². The van der Waals surface area contributed by atoms with Crippen molar-refractivity contribution in [1.82, 2.24) is 5.06 Å². The normalized spacial score (nSPS) is 15.2. The molecule has 1 aliphatic heterocycles. The van der Waals surface area contributed by atoms with Crippen molar-refractivity contribution in [2.24, 2.45) is 0 Å². The maximum absolute atomic E-state index is 13.0. The molecular formula is C32H30F3NO5S. The number of piperidine rings is 1. The number of fused-ring (bicyclic) bond motifs is 1. The van der Waals surface area contributed by atoms with Crippen LogP contribution in [-0.2, 0) is 25.3 Å². The molecule has 0 N–H and O–H groups in total. The molecule has 0 spiro atoms. The van der Waals surface area contributed by atoms with Gasteiger partial charge in [-0.1, -0.05) is 48.5 Å². The Balaban J connectivity index is 1.46. The zero-order valence-electron chi connectivity index (χ0n) is 23.1. The fraction of sp³-hybridized carbons (Fsp3) is 0.281.